The van der Waals surface area contributed by atoms with Crippen molar-refractivity contribution >= 4 is 36.7 Å². The quantitative estimate of drug-likeness (QED) is 0.849. The first-order chi connectivity index (χ1) is 10.4. The number of hydrogen-bond donors (Lipinski definition) is 0. The lowest BCUT2D eigenvalue weighted by Crippen LogP contribution is -2.39. The Morgan fingerprint density at radius 1 is 1.41 bits per heavy atom. The van der Waals surface area contributed by atoms with E-state index in [1.807, 2.05) is 6.07 Å². The molecule has 0 atom stereocenters. The summed E-state index contributed by atoms with van der Waals surface area (Å²) in [6, 6.07) is 1.99. The number of fused-ring (bicyclic) bond motifs is 1. The molecule has 1 aliphatic rings. The molecule has 1 fully saturated rings. The molecule has 120 valence electrons. The summed E-state index contributed by atoms with van der Waals surface area (Å²) in [6.45, 7) is 2.46. The van der Waals surface area contributed by atoms with Crippen molar-refractivity contribution in [2.45, 2.75) is 12.8 Å². The molecule has 0 spiro atoms. The van der Waals surface area contributed by atoms with Gasteiger partial charge in [0.15, 0.2) is 5.13 Å². The normalized spacial score (nSPS) is 17.5. The summed E-state index contributed by atoms with van der Waals surface area (Å²) in [5, 5.41) is 1.04. The molecule has 8 heteroatoms. The fourth-order valence-electron chi connectivity index (χ4n) is 2.71. The van der Waals surface area contributed by atoms with Crippen molar-refractivity contribution in [3.05, 3.63) is 18.5 Å². The van der Waals surface area contributed by atoms with Crippen molar-refractivity contribution in [1.29, 1.82) is 0 Å². The Hall–Kier alpha value is -1.25. The second kappa shape index (κ2) is 6.10. The van der Waals surface area contributed by atoms with Crippen LogP contribution in [0.15, 0.2) is 18.5 Å². The van der Waals surface area contributed by atoms with Gasteiger partial charge in [-0.2, -0.15) is 0 Å². The highest BCUT2D eigenvalue weighted by Gasteiger charge is 2.24. The third-order valence-electron chi connectivity index (χ3n) is 4.15. The molecular weight excluding hydrogens is 320 g/mol. The van der Waals surface area contributed by atoms with E-state index >= 15 is 0 Å². The maximum atomic E-state index is 11.5. The summed E-state index contributed by atoms with van der Waals surface area (Å²) < 4.78 is 25.6. The van der Waals surface area contributed by atoms with E-state index in [0.717, 1.165) is 41.3 Å². The molecular formula is C14H20N4O2S2. The standard InChI is InChI=1S/C14H20N4O2S2/c1-17(22(2,19)20)10-11-4-7-18(8-5-11)14-16-12-9-15-6-3-13(12)21-14/h3,6,9,11H,4-5,7-8,10H2,1-2H3. The lowest BCUT2D eigenvalue weighted by atomic mass is 9.97. The third kappa shape index (κ3) is 3.39. The number of anilines is 1. The highest BCUT2D eigenvalue weighted by atomic mass is 32.2. The van der Waals surface area contributed by atoms with Crippen LogP contribution in [-0.2, 0) is 10.0 Å². The molecule has 0 bridgehead atoms. The SMILES string of the molecule is CN(CC1CCN(c2nc3cnccc3s2)CC1)S(C)(=O)=O. The van der Waals surface area contributed by atoms with Crippen molar-refractivity contribution in [2.75, 3.05) is 37.8 Å². The summed E-state index contributed by atoms with van der Waals surface area (Å²) >= 11 is 1.69. The topological polar surface area (TPSA) is 66.4 Å². The molecule has 0 aromatic carbocycles. The minimum atomic E-state index is -3.08. The lowest BCUT2D eigenvalue weighted by molar-refractivity contribution is 0.329. The molecule has 0 radical (unpaired) electrons. The van der Waals surface area contributed by atoms with E-state index in [9.17, 15) is 8.42 Å². The van der Waals surface area contributed by atoms with Crippen molar-refractivity contribution in [1.82, 2.24) is 14.3 Å². The minimum absolute atomic E-state index is 0.423. The number of piperidine rings is 1. The van der Waals surface area contributed by atoms with E-state index < -0.39 is 10.0 Å². The zero-order valence-electron chi connectivity index (χ0n) is 12.8. The van der Waals surface area contributed by atoms with Crippen LogP contribution in [0.25, 0.3) is 10.2 Å². The number of hydrogen-bond acceptors (Lipinski definition) is 6. The van der Waals surface area contributed by atoms with E-state index in [2.05, 4.69) is 14.9 Å². The zero-order valence-corrected chi connectivity index (χ0v) is 14.4. The molecule has 0 N–H and O–H groups in total. The number of rotatable bonds is 4. The van der Waals surface area contributed by atoms with Crippen molar-refractivity contribution in [3.63, 3.8) is 0 Å². The van der Waals surface area contributed by atoms with Gasteiger partial charge in [0, 0.05) is 32.9 Å². The second-order valence-corrected chi connectivity index (χ2v) is 8.91. The van der Waals surface area contributed by atoms with Crippen molar-refractivity contribution < 1.29 is 8.42 Å². The fraction of sp³-hybridized carbons (Fsp3) is 0.571. The van der Waals surface area contributed by atoms with Gasteiger partial charge < -0.3 is 4.90 Å². The van der Waals surface area contributed by atoms with E-state index in [0.29, 0.717) is 12.5 Å². The predicted octanol–water partition coefficient (Wildman–Crippen LogP) is 1.80. The van der Waals surface area contributed by atoms with Crippen LogP contribution >= 0.6 is 11.3 Å². The summed E-state index contributed by atoms with van der Waals surface area (Å²) in [4.78, 5) is 11.0. The maximum absolute atomic E-state index is 11.5. The van der Waals surface area contributed by atoms with Gasteiger partial charge in [-0.05, 0) is 24.8 Å². The lowest BCUT2D eigenvalue weighted by Gasteiger charge is -2.33. The van der Waals surface area contributed by atoms with Gasteiger partial charge in [-0.15, -0.1) is 0 Å². The Morgan fingerprint density at radius 3 is 2.77 bits per heavy atom. The third-order valence-corrected chi connectivity index (χ3v) is 6.52. The molecule has 0 aliphatic carbocycles. The van der Waals surface area contributed by atoms with Crippen molar-refractivity contribution in [3.8, 4) is 0 Å². The summed E-state index contributed by atoms with van der Waals surface area (Å²) in [5.74, 6) is 0.423. The zero-order chi connectivity index (χ0) is 15.7. The van der Waals surface area contributed by atoms with Gasteiger partial charge in [-0.3, -0.25) is 4.98 Å². The van der Waals surface area contributed by atoms with Crippen LogP contribution in [0.2, 0.25) is 0 Å². The Bertz CT molecular complexity index is 718. The molecule has 0 saturated carbocycles. The van der Waals surface area contributed by atoms with E-state index in [4.69, 9.17) is 0 Å². The Morgan fingerprint density at radius 2 is 2.14 bits per heavy atom. The Balaban J connectivity index is 1.62. The molecule has 3 heterocycles. The van der Waals surface area contributed by atoms with Gasteiger partial charge in [-0.1, -0.05) is 11.3 Å². The average molecular weight is 340 g/mol. The number of sulfonamides is 1. The van der Waals surface area contributed by atoms with E-state index in [1.54, 1.807) is 30.8 Å². The Labute approximate surface area is 134 Å². The molecule has 2 aromatic rings. The van der Waals surface area contributed by atoms with E-state index in [1.165, 1.54) is 10.6 Å². The predicted molar refractivity (Wildman–Crippen MR) is 89.8 cm³/mol. The van der Waals surface area contributed by atoms with Crippen LogP contribution < -0.4 is 4.90 Å². The number of aromatic nitrogens is 2. The monoisotopic (exact) mass is 340 g/mol. The smallest absolute Gasteiger partial charge is 0.210 e. The average Bonchev–Trinajstić information content (AvgIpc) is 2.91. The molecule has 6 nitrogen and oxygen atoms in total. The van der Waals surface area contributed by atoms with Crippen LogP contribution in [-0.4, -0.2) is 55.6 Å². The highest BCUT2D eigenvalue weighted by molar-refractivity contribution is 7.88. The van der Waals surface area contributed by atoms with Gasteiger partial charge in [0.25, 0.3) is 0 Å². The number of thiazole rings is 1. The van der Waals surface area contributed by atoms with Crippen LogP contribution in [0.5, 0.6) is 0 Å². The van der Waals surface area contributed by atoms with Crippen LogP contribution in [0, 0.1) is 5.92 Å². The van der Waals surface area contributed by atoms with Crippen LogP contribution in [0.1, 0.15) is 12.8 Å². The molecule has 1 saturated heterocycles. The second-order valence-electron chi connectivity index (χ2n) is 5.81. The molecule has 0 unspecified atom stereocenters. The number of pyridine rings is 1. The maximum Gasteiger partial charge on any atom is 0.210 e. The first-order valence-electron chi connectivity index (χ1n) is 7.30. The highest BCUT2D eigenvalue weighted by Crippen LogP contribution is 2.31. The van der Waals surface area contributed by atoms with Gasteiger partial charge in [0.1, 0.15) is 5.52 Å². The van der Waals surface area contributed by atoms with Gasteiger partial charge >= 0.3 is 0 Å². The molecule has 3 rings (SSSR count). The summed E-state index contributed by atoms with van der Waals surface area (Å²) in [6.07, 6.45) is 6.83. The van der Waals surface area contributed by atoms with Crippen molar-refractivity contribution in [2.24, 2.45) is 5.92 Å². The van der Waals surface area contributed by atoms with Gasteiger partial charge in [0.2, 0.25) is 10.0 Å². The van der Waals surface area contributed by atoms with Gasteiger partial charge in [0.05, 0.1) is 17.2 Å². The molecule has 22 heavy (non-hydrogen) atoms. The molecule has 2 aromatic heterocycles. The molecule has 1 aliphatic heterocycles. The summed E-state index contributed by atoms with van der Waals surface area (Å²) in [5.41, 5.74) is 0.946. The van der Waals surface area contributed by atoms with Gasteiger partial charge in [-0.25, -0.2) is 17.7 Å². The molecule has 0 amide bonds. The van der Waals surface area contributed by atoms with Crippen LogP contribution in [0.4, 0.5) is 5.13 Å². The Kier molecular flexibility index (Phi) is 4.33. The number of nitrogens with zero attached hydrogens (tertiary/aromatic N) is 4. The first-order valence-corrected chi connectivity index (χ1v) is 9.97. The largest absolute Gasteiger partial charge is 0.348 e. The fourth-order valence-corrected chi connectivity index (χ4v) is 4.17. The van der Waals surface area contributed by atoms with E-state index in [-0.39, 0.29) is 0 Å². The minimum Gasteiger partial charge on any atom is -0.348 e. The first kappa shape index (κ1) is 15.6. The summed E-state index contributed by atoms with van der Waals surface area (Å²) in [7, 11) is -1.43. The van der Waals surface area contributed by atoms with Crippen LogP contribution in [0.3, 0.4) is 0 Å².